The Morgan fingerprint density at radius 2 is 2.06 bits per heavy atom. The van der Waals surface area contributed by atoms with Gasteiger partial charge in [0.05, 0.1) is 0 Å². The van der Waals surface area contributed by atoms with Gasteiger partial charge in [-0.25, -0.2) is 0 Å². The van der Waals surface area contributed by atoms with Gasteiger partial charge in [0.15, 0.2) is 0 Å². The molecule has 1 aromatic carbocycles. The maximum Gasteiger partial charge on any atom is 0.321 e. The van der Waals surface area contributed by atoms with Crippen molar-refractivity contribution in [1.82, 2.24) is 4.90 Å². The number of likely N-dealkylation sites (N-methyl/N-ethyl adjacent to an activating group) is 1. The van der Waals surface area contributed by atoms with Crippen molar-refractivity contribution < 1.29 is 9.90 Å². The minimum absolute atomic E-state index is 0.329. The molecule has 16 heavy (non-hydrogen) atoms. The van der Waals surface area contributed by atoms with E-state index in [9.17, 15) is 4.79 Å². The highest BCUT2D eigenvalue weighted by Gasteiger charge is 2.22. The highest BCUT2D eigenvalue weighted by molar-refractivity contribution is 7.80. The van der Waals surface area contributed by atoms with Gasteiger partial charge in [0.2, 0.25) is 0 Å². The summed E-state index contributed by atoms with van der Waals surface area (Å²) in [4.78, 5) is 12.9. The Balaban J connectivity index is 2.71. The highest BCUT2D eigenvalue weighted by Crippen LogP contribution is 2.09. The quantitative estimate of drug-likeness (QED) is 0.745. The molecular weight excluding hydrogens is 222 g/mol. The molecule has 3 nitrogen and oxygen atoms in total. The van der Waals surface area contributed by atoms with Gasteiger partial charge in [-0.2, -0.15) is 12.6 Å². The zero-order valence-corrected chi connectivity index (χ0v) is 10.2. The molecule has 0 bridgehead atoms. The first-order valence-corrected chi connectivity index (χ1v) is 5.94. The van der Waals surface area contributed by atoms with Crippen molar-refractivity contribution in [2.24, 2.45) is 0 Å². The second-order valence-corrected chi connectivity index (χ2v) is 3.95. The minimum Gasteiger partial charge on any atom is -0.480 e. The molecule has 0 amide bonds. The summed E-state index contributed by atoms with van der Waals surface area (Å²) < 4.78 is 0. The lowest BCUT2D eigenvalue weighted by molar-refractivity contribution is -0.142. The summed E-state index contributed by atoms with van der Waals surface area (Å²) in [6, 6.07) is 9.35. The third-order valence-corrected chi connectivity index (χ3v) is 2.88. The highest BCUT2D eigenvalue weighted by atomic mass is 32.1. The fourth-order valence-corrected chi connectivity index (χ4v) is 2.00. The smallest absolute Gasteiger partial charge is 0.321 e. The van der Waals surface area contributed by atoms with Crippen LogP contribution in [0.5, 0.6) is 0 Å². The first kappa shape index (κ1) is 13.1. The van der Waals surface area contributed by atoms with Crippen molar-refractivity contribution in [3.63, 3.8) is 0 Å². The molecule has 0 saturated carbocycles. The van der Waals surface area contributed by atoms with Crippen molar-refractivity contribution in [1.29, 1.82) is 0 Å². The molecule has 1 aromatic rings. The number of rotatable bonds is 6. The summed E-state index contributed by atoms with van der Waals surface area (Å²) in [5.41, 5.74) is 1.12. The van der Waals surface area contributed by atoms with Crippen molar-refractivity contribution in [2.75, 3.05) is 12.3 Å². The standard InChI is InChI=1S/C12H17NO2S/c1-2-13(11(9-16)12(14)15)8-10-6-4-3-5-7-10/h3-7,11,16H,2,8-9H2,1H3,(H,14,15). The average Bonchev–Trinajstić information content (AvgIpc) is 2.29. The van der Waals surface area contributed by atoms with E-state index in [-0.39, 0.29) is 0 Å². The molecule has 0 radical (unpaired) electrons. The molecule has 1 unspecified atom stereocenters. The number of carboxylic acid groups (broad SMARTS) is 1. The van der Waals surface area contributed by atoms with Crippen molar-refractivity contribution in [3.05, 3.63) is 35.9 Å². The Morgan fingerprint density at radius 1 is 1.44 bits per heavy atom. The van der Waals surface area contributed by atoms with Gasteiger partial charge >= 0.3 is 5.97 Å². The minimum atomic E-state index is -0.812. The number of nitrogens with zero attached hydrogens (tertiary/aromatic N) is 1. The van der Waals surface area contributed by atoms with Crippen molar-refractivity contribution in [2.45, 2.75) is 19.5 Å². The van der Waals surface area contributed by atoms with E-state index in [1.54, 1.807) is 0 Å². The Labute approximate surface area is 101 Å². The maximum atomic E-state index is 11.0. The van der Waals surface area contributed by atoms with Gasteiger partial charge in [-0.1, -0.05) is 37.3 Å². The third-order valence-electron chi connectivity index (χ3n) is 2.53. The predicted molar refractivity (Wildman–Crippen MR) is 67.8 cm³/mol. The van der Waals surface area contributed by atoms with Crippen molar-refractivity contribution >= 4 is 18.6 Å². The largest absolute Gasteiger partial charge is 0.480 e. The predicted octanol–water partition coefficient (Wildman–Crippen LogP) is 1.89. The Hall–Kier alpha value is -1.00. The molecule has 0 aliphatic rings. The zero-order valence-electron chi connectivity index (χ0n) is 9.34. The molecular formula is C12H17NO2S. The molecule has 4 heteroatoms. The Bertz CT molecular complexity index is 329. The van der Waals surface area contributed by atoms with Crippen molar-refractivity contribution in [3.8, 4) is 0 Å². The van der Waals surface area contributed by atoms with Crippen LogP contribution in [0.25, 0.3) is 0 Å². The molecule has 88 valence electrons. The van der Waals surface area contributed by atoms with Crippen LogP contribution in [0.2, 0.25) is 0 Å². The number of carbonyl (C=O) groups is 1. The molecule has 0 aliphatic heterocycles. The van der Waals surface area contributed by atoms with Crippen LogP contribution in [0.15, 0.2) is 30.3 Å². The van der Waals surface area contributed by atoms with E-state index in [1.807, 2.05) is 42.2 Å². The van der Waals surface area contributed by atoms with Gasteiger partial charge < -0.3 is 5.11 Å². The third kappa shape index (κ3) is 3.54. The van der Waals surface area contributed by atoms with Gasteiger partial charge in [-0.05, 0) is 12.1 Å². The summed E-state index contributed by atoms with van der Waals surface area (Å²) >= 11 is 4.09. The van der Waals surface area contributed by atoms with Crippen LogP contribution in [0.4, 0.5) is 0 Å². The van der Waals surface area contributed by atoms with Gasteiger partial charge in [-0.3, -0.25) is 9.69 Å². The maximum absolute atomic E-state index is 11.0. The number of aliphatic carboxylic acids is 1. The second-order valence-electron chi connectivity index (χ2n) is 3.59. The van der Waals surface area contributed by atoms with Crippen LogP contribution in [0.1, 0.15) is 12.5 Å². The molecule has 1 N–H and O–H groups in total. The number of hydrogen-bond donors (Lipinski definition) is 2. The number of carboxylic acids is 1. The summed E-state index contributed by atoms with van der Waals surface area (Å²) in [6.45, 7) is 3.31. The monoisotopic (exact) mass is 239 g/mol. The lowest BCUT2D eigenvalue weighted by Gasteiger charge is -2.26. The van der Waals surface area contributed by atoms with Crippen LogP contribution in [0, 0.1) is 0 Å². The lowest BCUT2D eigenvalue weighted by Crippen LogP contribution is -2.42. The summed E-state index contributed by atoms with van der Waals surface area (Å²) in [6.07, 6.45) is 0. The van der Waals surface area contributed by atoms with E-state index in [0.717, 1.165) is 5.56 Å². The first-order chi connectivity index (χ1) is 7.69. The number of thiol groups is 1. The fourth-order valence-electron chi connectivity index (χ4n) is 1.61. The Morgan fingerprint density at radius 3 is 2.50 bits per heavy atom. The second kappa shape index (κ2) is 6.55. The number of hydrogen-bond acceptors (Lipinski definition) is 3. The fraction of sp³-hybridized carbons (Fsp3) is 0.417. The van der Waals surface area contributed by atoms with Crippen LogP contribution in [-0.4, -0.2) is 34.3 Å². The lowest BCUT2D eigenvalue weighted by atomic mass is 10.2. The molecule has 1 atom stereocenters. The van der Waals surface area contributed by atoms with E-state index < -0.39 is 12.0 Å². The van der Waals surface area contributed by atoms with Gasteiger partial charge in [-0.15, -0.1) is 0 Å². The number of benzene rings is 1. The molecule has 0 aliphatic carbocycles. The van der Waals surface area contributed by atoms with E-state index in [1.165, 1.54) is 0 Å². The van der Waals surface area contributed by atoms with Gasteiger partial charge in [0.1, 0.15) is 6.04 Å². The van der Waals surface area contributed by atoms with Crippen LogP contribution in [0.3, 0.4) is 0 Å². The van der Waals surface area contributed by atoms with Crippen LogP contribution in [-0.2, 0) is 11.3 Å². The zero-order chi connectivity index (χ0) is 12.0. The van der Waals surface area contributed by atoms with Crippen LogP contribution < -0.4 is 0 Å². The first-order valence-electron chi connectivity index (χ1n) is 5.30. The summed E-state index contributed by atoms with van der Waals surface area (Å²) in [5, 5.41) is 9.06. The summed E-state index contributed by atoms with van der Waals surface area (Å²) in [7, 11) is 0. The molecule has 1 rings (SSSR count). The van der Waals surface area contributed by atoms with E-state index in [2.05, 4.69) is 12.6 Å². The molecule has 0 aromatic heterocycles. The van der Waals surface area contributed by atoms with Crippen LogP contribution >= 0.6 is 12.6 Å². The topological polar surface area (TPSA) is 40.5 Å². The molecule has 0 fully saturated rings. The van der Waals surface area contributed by atoms with E-state index >= 15 is 0 Å². The molecule has 0 saturated heterocycles. The van der Waals surface area contributed by atoms with E-state index in [4.69, 9.17) is 5.11 Å². The SMILES string of the molecule is CCN(Cc1ccccc1)C(CS)C(=O)O. The normalized spacial score (nSPS) is 12.7. The molecule has 0 spiro atoms. The van der Waals surface area contributed by atoms with Gasteiger partial charge in [0.25, 0.3) is 0 Å². The molecule has 0 heterocycles. The summed E-state index contributed by atoms with van der Waals surface area (Å²) in [5.74, 6) is -0.483. The van der Waals surface area contributed by atoms with Gasteiger partial charge in [0, 0.05) is 12.3 Å². The van der Waals surface area contributed by atoms with E-state index in [0.29, 0.717) is 18.8 Å². The average molecular weight is 239 g/mol. The Kier molecular flexibility index (Phi) is 5.35.